The quantitative estimate of drug-likeness (QED) is 0.226. The molecule has 1 amide bonds. The Balaban J connectivity index is 1.78. The molecule has 0 aliphatic carbocycles. The zero-order valence-corrected chi connectivity index (χ0v) is 23.2. The van der Waals surface area contributed by atoms with Crippen LogP contribution in [0.3, 0.4) is 0 Å². The van der Waals surface area contributed by atoms with Crippen LogP contribution in [0.1, 0.15) is 74.7 Å². The van der Waals surface area contributed by atoms with E-state index in [2.05, 4.69) is 17.0 Å². The van der Waals surface area contributed by atoms with Crippen LogP contribution in [0.15, 0.2) is 57.4 Å². The second-order valence-corrected chi connectivity index (χ2v) is 9.56. The molecule has 9 nitrogen and oxygen atoms in total. The molecule has 2 aromatic heterocycles. The average molecular weight is 537 g/mol. The van der Waals surface area contributed by atoms with Crippen molar-refractivity contribution in [2.45, 2.75) is 59.0 Å². The third kappa shape index (κ3) is 7.19. The molecule has 2 unspecified atom stereocenters. The molecule has 0 saturated heterocycles. The van der Waals surface area contributed by atoms with E-state index in [1.165, 1.54) is 19.4 Å². The number of amides is 1. The number of ketones is 1. The summed E-state index contributed by atoms with van der Waals surface area (Å²) in [4.78, 5) is 37.0. The molecular formula is C30H36N2O7. The second kappa shape index (κ2) is 13.0. The zero-order chi connectivity index (χ0) is 28.7. The van der Waals surface area contributed by atoms with E-state index >= 15 is 0 Å². The van der Waals surface area contributed by atoms with Gasteiger partial charge in [0.05, 0.1) is 13.2 Å². The molecule has 0 bridgehead atoms. The van der Waals surface area contributed by atoms with Crippen LogP contribution in [0, 0.1) is 0 Å². The molecule has 0 spiro atoms. The fraction of sp³-hybridized carbons (Fsp3) is 0.367. The van der Waals surface area contributed by atoms with Crippen LogP contribution in [0.4, 0.5) is 4.79 Å². The van der Waals surface area contributed by atoms with E-state index in [1.807, 2.05) is 49.7 Å². The van der Waals surface area contributed by atoms with Gasteiger partial charge in [-0.05, 0) is 69.0 Å². The molecule has 3 rings (SSSR count). The molecule has 3 aromatic rings. The van der Waals surface area contributed by atoms with Gasteiger partial charge < -0.3 is 23.6 Å². The number of carbonyl (C=O) groups excluding carboxylic acids is 2. The van der Waals surface area contributed by atoms with Gasteiger partial charge >= 0.3 is 11.7 Å². The number of rotatable bonds is 11. The Morgan fingerprint density at radius 2 is 1.95 bits per heavy atom. The van der Waals surface area contributed by atoms with E-state index in [4.69, 9.17) is 9.15 Å². The fourth-order valence-corrected chi connectivity index (χ4v) is 4.07. The van der Waals surface area contributed by atoms with Crippen molar-refractivity contribution in [3.05, 3.63) is 75.6 Å². The molecule has 9 heteroatoms. The number of alkyl carbamates (subject to hydrolysis) is 1. The van der Waals surface area contributed by atoms with Crippen molar-refractivity contribution in [2.75, 3.05) is 7.11 Å². The largest absolute Gasteiger partial charge is 0.507 e. The molecule has 2 atom stereocenters. The average Bonchev–Trinajstić information content (AvgIpc) is 3.21. The highest BCUT2D eigenvalue weighted by molar-refractivity contribution is 6.12. The van der Waals surface area contributed by atoms with Crippen LogP contribution in [0.25, 0.3) is 17.0 Å². The van der Waals surface area contributed by atoms with E-state index in [0.717, 1.165) is 28.8 Å². The van der Waals surface area contributed by atoms with Crippen molar-refractivity contribution in [1.82, 2.24) is 9.88 Å². The molecule has 39 heavy (non-hydrogen) atoms. The minimum absolute atomic E-state index is 0.103. The Bertz CT molecular complexity index is 1460. The smallest absolute Gasteiger partial charge is 0.410 e. The number of ether oxygens (including phenoxy) is 2. The first kappa shape index (κ1) is 29.3. The number of methoxy groups -OCH3 is 1. The Morgan fingerprint density at radius 1 is 1.21 bits per heavy atom. The topological polar surface area (TPSA) is 120 Å². The van der Waals surface area contributed by atoms with Gasteiger partial charge in [0.1, 0.15) is 22.8 Å². The molecule has 1 aromatic carbocycles. The Labute approximate surface area is 227 Å². The third-order valence-corrected chi connectivity index (χ3v) is 6.62. The van der Waals surface area contributed by atoms with Gasteiger partial charge in [0.2, 0.25) is 0 Å². The maximum Gasteiger partial charge on any atom is 0.410 e. The first-order chi connectivity index (χ1) is 18.5. The standard InChI is InChI=1S/C30H36N2O7/c1-7-20(4)38-23-11-12-24-21(16-23)15-22(32(24)5)14-19(3)28(34)27-25(33)17-26(39-29(27)35)18(2)10-8-9-13-31-30(36)37-6/h9,11-18,20,33H,7-8,10H2,1-6H3,(H,31,36)/b13-9+,19-14?. The first-order valence-electron chi connectivity index (χ1n) is 12.9. The van der Waals surface area contributed by atoms with E-state index < -0.39 is 28.8 Å². The van der Waals surface area contributed by atoms with Gasteiger partial charge in [-0.25, -0.2) is 9.59 Å². The number of aromatic hydroxyl groups is 1. The van der Waals surface area contributed by atoms with Crippen molar-refractivity contribution < 1.29 is 28.6 Å². The number of nitrogens with zero attached hydrogens (tertiary/aromatic N) is 1. The number of hydrogen-bond donors (Lipinski definition) is 2. The monoisotopic (exact) mass is 536 g/mol. The number of benzene rings is 1. The van der Waals surface area contributed by atoms with Gasteiger partial charge in [0.25, 0.3) is 0 Å². The van der Waals surface area contributed by atoms with E-state index in [-0.39, 0.29) is 23.4 Å². The SMILES string of the molecule is CCC(C)Oc1ccc2c(c1)cc(C=C(C)C(=O)c1c(O)cc(C(C)CC/C=C/NC(=O)OC)oc1=O)n2C. The number of aryl methyl sites for hydroxylation is 1. The van der Waals surface area contributed by atoms with Gasteiger partial charge in [-0.3, -0.25) is 10.1 Å². The summed E-state index contributed by atoms with van der Waals surface area (Å²) >= 11 is 0. The van der Waals surface area contributed by atoms with Crippen molar-refractivity contribution in [1.29, 1.82) is 0 Å². The van der Waals surface area contributed by atoms with Crippen LogP contribution in [0.5, 0.6) is 11.5 Å². The lowest BCUT2D eigenvalue weighted by molar-refractivity contribution is 0.102. The number of nitrogens with one attached hydrogen (secondary N) is 1. The molecule has 0 radical (unpaired) electrons. The van der Waals surface area contributed by atoms with Gasteiger partial charge in [0.15, 0.2) is 5.78 Å². The molecular weight excluding hydrogens is 500 g/mol. The number of hydrogen-bond acceptors (Lipinski definition) is 7. The molecule has 0 aliphatic rings. The van der Waals surface area contributed by atoms with Gasteiger partial charge in [0, 0.05) is 41.8 Å². The summed E-state index contributed by atoms with van der Waals surface area (Å²) in [6.45, 7) is 7.52. The summed E-state index contributed by atoms with van der Waals surface area (Å²) in [7, 11) is 3.17. The van der Waals surface area contributed by atoms with Crippen molar-refractivity contribution >= 4 is 28.9 Å². The van der Waals surface area contributed by atoms with E-state index in [9.17, 15) is 19.5 Å². The normalized spacial score (nSPS) is 13.4. The summed E-state index contributed by atoms with van der Waals surface area (Å²) in [6.07, 6.45) is 6.49. The Kier molecular flexibility index (Phi) is 9.76. The number of aromatic nitrogens is 1. The highest BCUT2D eigenvalue weighted by Gasteiger charge is 2.22. The minimum Gasteiger partial charge on any atom is -0.507 e. The maximum absolute atomic E-state index is 13.2. The summed E-state index contributed by atoms with van der Waals surface area (Å²) in [5.74, 6) is -0.191. The minimum atomic E-state index is -0.888. The van der Waals surface area contributed by atoms with Gasteiger partial charge in [-0.1, -0.05) is 19.9 Å². The van der Waals surface area contributed by atoms with Crippen LogP contribution >= 0.6 is 0 Å². The fourth-order valence-electron chi connectivity index (χ4n) is 4.07. The Hall–Kier alpha value is -4.27. The first-order valence-corrected chi connectivity index (χ1v) is 12.9. The van der Waals surface area contributed by atoms with Gasteiger partial charge in [-0.15, -0.1) is 0 Å². The number of Topliss-reactive ketones (excluding diaryl/α,β-unsaturated/α-hetero) is 1. The lowest BCUT2D eigenvalue weighted by atomic mass is 9.99. The molecule has 0 saturated carbocycles. The molecule has 208 valence electrons. The van der Waals surface area contributed by atoms with E-state index in [0.29, 0.717) is 12.8 Å². The Morgan fingerprint density at radius 3 is 2.62 bits per heavy atom. The summed E-state index contributed by atoms with van der Waals surface area (Å²) < 4.78 is 17.8. The van der Waals surface area contributed by atoms with Crippen molar-refractivity contribution in [3.63, 3.8) is 0 Å². The second-order valence-electron chi connectivity index (χ2n) is 9.56. The lowest BCUT2D eigenvalue weighted by Crippen LogP contribution is -2.17. The summed E-state index contributed by atoms with van der Waals surface area (Å²) in [5.41, 5.74) is 0.727. The number of allylic oxidation sites excluding steroid dienone is 2. The number of fused-ring (bicyclic) bond motifs is 1. The zero-order valence-electron chi connectivity index (χ0n) is 23.2. The van der Waals surface area contributed by atoms with Gasteiger partial charge in [-0.2, -0.15) is 0 Å². The highest BCUT2D eigenvalue weighted by Crippen LogP contribution is 2.28. The van der Waals surface area contributed by atoms with Crippen molar-refractivity contribution in [2.24, 2.45) is 7.05 Å². The maximum atomic E-state index is 13.2. The van der Waals surface area contributed by atoms with Crippen LogP contribution in [0.2, 0.25) is 0 Å². The molecule has 0 fully saturated rings. The number of carbonyl (C=O) groups is 2. The predicted molar refractivity (Wildman–Crippen MR) is 150 cm³/mol. The predicted octanol–water partition coefficient (Wildman–Crippen LogP) is 6.05. The van der Waals surface area contributed by atoms with Crippen molar-refractivity contribution in [3.8, 4) is 11.5 Å². The highest BCUT2D eigenvalue weighted by atomic mass is 16.5. The molecule has 2 heterocycles. The summed E-state index contributed by atoms with van der Waals surface area (Å²) in [6, 6.07) is 9.10. The van der Waals surface area contributed by atoms with Crippen LogP contribution < -0.4 is 15.7 Å². The van der Waals surface area contributed by atoms with E-state index in [1.54, 1.807) is 19.1 Å². The molecule has 0 aliphatic heterocycles. The molecule has 2 N–H and O–H groups in total. The van der Waals surface area contributed by atoms with Crippen LogP contribution in [-0.2, 0) is 11.8 Å². The third-order valence-electron chi connectivity index (χ3n) is 6.62. The lowest BCUT2D eigenvalue weighted by Gasteiger charge is -2.12. The summed E-state index contributed by atoms with van der Waals surface area (Å²) in [5, 5.41) is 14.0. The van der Waals surface area contributed by atoms with Crippen LogP contribution in [-0.4, -0.2) is 34.8 Å².